The van der Waals surface area contributed by atoms with Crippen LogP contribution in [0.4, 0.5) is 23.4 Å². The van der Waals surface area contributed by atoms with Gasteiger partial charge in [0, 0.05) is 10.4 Å². The average Bonchev–Trinajstić information content (AvgIpc) is 4.01. The number of ether oxygens (including phenoxy) is 2. The number of thiophene rings is 1. The van der Waals surface area contributed by atoms with E-state index in [-0.39, 0.29) is 64.7 Å². The van der Waals surface area contributed by atoms with Crippen molar-refractivity contribution in [1.29, 1.82) is 0 Å². The summed E-state index contributed by atoms with van der Waals surface area (Å²) in [5.74, 6) is -1.38. The Kier molecular flexibility index (Phi) is 10.1. The predicted molar refractivity (Wildman–Crippen MR) is 201 cm³/mol. The van der Waals surface area contributed by atoms with E-state index in [0.29, 0.717) is 58.9 Å². The Balaban J connectivity index is 1.37. The van der Waals surface area contributed by atoms with E-state index < -0.39 is 23.6 Å². The molecule has 4 aromatic heterocycles. The third-order valence-electron chi connectivity index (χ3n) is 10.2. The second kappa shape index (κ2) is 15.1. The Morgan fingerprint density at radius 1 is 1.07 bits per heavy atom. The molecule has 11 nitrogen and oxygen atoms in total. The standard InChI is InChI=1S/C40H36F4N6O5S/c1-3-54-38(51)33-32(31(37-49-50-39(52)55-37)26(46-34(33)27-7-5-17-45-27)15-11-20-9-12-22(41)13-10-20)29-18-21-19-30(40(42,43)44)48-36(35(21)56-29)47-25-16-14-24-23(25)6-4-8-28(24)53-2/h4,6,8-10,12-13,18-19,25,27,45H,3,5,7,11,14-17H2,1-2H3,(H,47,48)(H,50,52)/t25-,27+/m1/s1. The minimum Gasteiger partial charge on any atom is -0.496 e. The molecule has 0 spiro atoms. The second-order valence-electron chi connectivity index (χ2n) is 13.6. The monoisotopic (exact) mass is 788 g/mol. The van der Waals surface area contributed by atoms with Crippen molar-refractivity contribution in [3.8, 4) is 27.6 Å². The number of fused-ring (bicyclic) bond motifs is 2. The van der Waals surface area contributed by atoms with Crippen LogP contribution >= 0.6 is 11.3 Å². The Morgan fingerprint density at radius 3 is 2.59 bits per heavy atom. The molecule has 2 atom stereocenters. The van der Waals surface area contributed by atoms with Crippen LogP contribution in [-0.4, -0.2) is 46.4 Å². The quantitative estimate of drug-likeness (QED) is 0.0866. The molecule has 290 valence electrons. The van der Waals surface area contributed by atoms with E-state index in [1.165, 1.54) is 12.1 Å². The minimum absolute atomic E-state index is 0.0283. The first kappa shape index (κ1) is 37.3. The summed E-state index contributed by atoms with van der Waals surface area (Å²) < 4.78 is 74.4. The van der Waals surface area contributed by atoms with E-state index in [1.807, 2.05) is 18.2 Å². The number of hydrogen-bond acceptors (Lipinski definition) is 11. The van der Waals surface area contributed by atoms with Crippen LogP contribution < -0.4 is 21.1 Å². The number of aromatic nitrogens is 4. The second-order valence-corrected chi connectivity index (χ2v) is 14.7. The molecule has 0 radical (unpaired) electrons. The number of H-pyrrole nitrogens is 1. The fourth-order valence-electron chi connectivity index (χ4n) is 7.68. The lowest BCUT2D eigenvalue weighted by Crippen LogP contribution is -2.22. The van der Waals surface area contributed by atoms with Gasteiger partial charge in [-0.25, -0.2) is 24.1 Å². The number of hydrogen-bond donors (Lipinski definition) is 3. The number of carbonyl (C=O) groups is 1. The number of pyridine rings is 2. The van der Waals surface area contributed by atoms with Gasteiger partial charge in [-0.1, -0.05) is 24.3 Å². The van der Waals surface area contributed by atoms with Crippen LogP contribution in [0, 0.1) is 5.82 Å². The lowest BCUT2D eigenvalue weighted by Gasteiger charge is -2.22. The number of alkyl halides is 3. The average molecular weight is 789 g/mol. The maximum absolute atomic E-state index is 14.5. The zero-order valence-corrected chi connectivity index (χ0v) is 31.1. The van der Waals surface area contributed by atoms with E-state index in [0.717, 1.165) is 40.5 Å². The fourth-order valence-corrected chi connectivity index (χ4v) is 8.83. The third kappa shape index (κ3) is 7.14. The first-order valence-electron chi connectivity index (χ1n) is 18.2. The van der Waals surface area contributed by atoms with Gasteiger partial charge in [0.05, 0.1) is 53.0 Å². The molecule has 0 bridgehead atoms. The number of methoxy groups -OCH3 is 1. The number of aryl methyl sites for hydroxylation is 2. The van der Waals surface area contributed by atoms with Crippen LogP contribution in [0.5, 0.6) is 5.75 Å². The van der Waals surface area contributed by atoms with Crippen molar-refractivity contribution in [2.24, 2.45) is 0 Å². The van der Waals surface area contributed by atoms with E-state index in [9.17, 15) is 27.2 Å². The fraction of sp³-hybridized carbons (Fsp3) is 0.325. The molecular formula is C40H36F4N6O5S. The van der Waals surface area contributed by atoms with Crippen LogP contribution in [0.15, 0.2) is 63.8 Å². The van der Waals surface area contributed by atoms with Gasteiger partial charge in [0.25, 0.3) is 5.89 Å². The van der Waals surface area contributed by atoms with Crippen LogP contribution in [0.25, 0.3) is 32.0 Å². The Labute approximate surface area is 321 Å². The highest BCUT2D eigenvalue weighted by atomic mass is 32.1. The molecule has 16 heteroatoms. The number of rotatable bonds is 11. The highest BCUT2D eigenvalue weighted by molar-refractivity contribution is 7.23. The molecule has 6 aromatic rings. The van der Waals surface area contributed by atoms with Gasteiger partial charge in [-0.15, -0.1) is 16.4 Å². The molecule has 0 amide bonds. The minimum atomic E-state index is -4.77. The maximum Gasteiger partial charge on any atom is 0.434 e. The number of carbonyl (C=O) groups excluding carboxylic acids is 1. The van der Waals surface area contributed by atoms with Crippen molar-refractivity contribution in [2.45, 2.75) is 63.7 Å². The van der Waals surface area contributed by atoms with Crippen LogP contribution in [0.3, 0.4) is 0 Å². The number of nitrogens with zero attached hydrogens (tertiary/aromatic N) is 3. The summed E-state index contributed by atoms with van der Waals surface area (Å²) in [7, 11) is 1.58. The van der Waals surface area contributed by atoms with Gasteiger partial charge in [-0.2, -0.15) is 13.2 Å². The predicted octanol–water partition coefficient (Wildman–Crippen LogP) is 8.35. The van der Waals surface area contributed by atoms with Gasteiger partial charge in [0.2, 0.25) is 0 Å². The number of anilines is 1. The number of esters is 1. The molecule has 3 N–H and O–H groups in total. The molecule has 2 aromatic carbocycles. The van der Waals surface area contributed by atoms with Gasteiger partial charge >= 0.3 is 17.9 Å². The van der Waals surface area contributed by atoms with Gasteiger partial charge in [0.15, 0.2) is 0 Å². The molecule has 0 unspecified atom stereocenters. The number of halogens is 4. The first-order chi connectivity index (χ1) is 27.0. The van der Waals surface area contributed by atoms with Crippen LogP contribution in [0.2, 0.25) is 0 Å². The molecule has 1 fully saturated rings. The summed E-state index contributed by atoms with van der Waals surface area (Å²) in [5.41, 5.74) is 2.95. The molecule has 1 saturated heterocycles. The lowest BCUT2D eigenvalue weighted by atomic mass is 9.91. The van der Waals surface area contributed by atoms with E-state index in [2.05, 4.69) is 25.8 Å². The van der Waals surface area contributed by atoms with Crippen LogP contribution in [0.1, 0.15) is 82.4 Å². The maximum atomic E-state index is 14.5. The molecule has 8 rings (SSSR count). The lowest BCUT2D eigenvalue weighted by molar-refractivity contribution is -0.141. The summed E-state index contributed by atoms with van der Waals surface area (Å²) in [4.78, 5) is 36.2. The normalized spacial score (nSPS) is 16.7. The first-order valence-corrected chi connectivity index (χ1v) is 19.1. The summed E-state index contributed by atoms with van der Waals surface area (Å²) in [6.45, 7) is 2.37. The summed E-state index contributed by atoms with van der Waals surface area (Å²) >= 11 is 1.14. The summed E-state index contributed by atoms with van der Waals surface area (Å²) in [6.07, 6.45) is -1.42. The van der Waals surface area contributed by atoms with Crippen molar-refractivity contribution in [2.75, 3.05) is 25.6 Å². The van der Waals surface area contributed by atoms with E-state index in [1.54, 1.807) is 32.2 Å². The van der Waals surface area contributed by atoms with E-state index in [4.69, 9.17) is 18.9 Å². The molecule has 1 aliphatic carbocycles. The van der Waals surface area contributed by atoms with Crippen molar-refractivity contribution < 1.29 is 36.2 Å². The SMILES string of the molecule is CCOC(=O)c1c([C@@H]2CCCN2)nc(CCc2ccc(F)cc2)c(-c2n[nH]c(=O)o2)c1-c1cc2cc(C(F)(F)F)nc(N[C@@H]3CCc4c(OC)cccc43)c2s1. The number of aromatic amines is 1. The third-order valence-corrected chi connectivity index (χ3v) is 11.4. The van der Waals surface area contributed by atoms with Crippen molar-refractivity contribution in [3.05, 3.63) is 110 Å². The largest absolute Gasteiger partial charge is 0.496 e. The number of nitrogens with one attached hydrogen (secondary N) is 3. The van der Waals surface area contributed by atoms with Crippen molar-refractivity contribution >= 4 is 33.2 Å². The van der Waals surface area contributed by atoms with Crippen LogP contribution in [-0.2, 0) is 30.2 Å². The molecular weight excluding hydrogens is 753 g/mol. The topological polar surface area (TPSA) is 144 Å². The van der Waals surface area contributed by atoms with E-state index >= 15 is 0 Å². The zero-order chi connectivity index (χ0) is 39.1. The molecule has 56 heavy (non-hydrogen) atoms. The zero-order valence-electron chi connectivity index (χ0n) is 30.3. The highest BCUT2D eigenvalue weighted by Crippen LogP contribution is 2.48. The summed E-state index contributed by atoms with van der Waals surface area (Å²) in [6, 6.07) is 13.5. The van der Waals surface area contributed by atoms with Gasteiger partial charge in [-0.05, 0) is 104 Å². The Bertz CT molecular complexity index is 2490. The van der Waals surface area contributed by atoms with Gasteiger partial charge in [-0.3, -0.25) is 4.98 Å². The van der Waals surface area contributed by atoms with Gasteiger partial charge < -0.3 is 24.5 Å². The van der Waals surface area contributed by atoms with Gasteiger partial charge in [0.1, 0.15) is 23.1 Å². The molecule has 2 aliphatic rings. The molecule has 0 saturated carbocycles. The molecule has 1 aliphatic heterocycles. The highest BCUT2D eigenvalue weighted by Gasteiger charge is 2.37. The molecule has 5 heterocycles. The Hall–Kier alpha value is -5.61. The Morgan fingerprint density at radius 2 is 1.89 bits per heavy atom. The smallest absolute Gasteiger partial charge is 0.434 e. The number of benzene rings is 2. The van der Waals surface area contributed by atoms with Crippen molar-refractivity contribution in [3.63, 3.8) is 0 Å². The summed E-state index contributed by atoms with van der Waals surface area (Å²) in [5, 5.41) is 13.4. The van der Waals surface area contributed by atoms with Crippen molar-refractivity contribution in [1.82, 2.24) is 25.5 Å².